The monoisotopic (exact) mass is 181 g/mol. The van der Waals surface area contributed by atoms with Crippen LogP contribution in [0.5, 0.6) is 0 Å². The molecule has 0 aromatic heterocycles. The van der Waals surface area contributed by atoms with Gasteiger partial charge in [-0.25, -0.2) is 5.01 Å². The molecule has 0 aromatic rings. The second-order valence-corrected chi connectivity index (χ2v) is 2.76. The Bertz CT molecular complexity index is 281. The van der Waals surface area contributed by atoms with Crippen molar-refractivity contribution in [1.29, 1.82) is 0 Å². The van der Waals surface area contributed by atoms with E-state index in [2.05, 4.69) is 15.5 Å². The molecule has 0 bridgehead atoms. The fraction of sp³-hybridized carbons (Fsp3) is 0.571. The van der Waals surface area contributed by atoms with E-state index in [1.165, 1.54) is 6.08 Å². The Balaban J connectivity index is 2.45. The van der Waals surface area contributed by atoms with Gasteiger partial charge in [-0.2, -0.15) is 4.91 Å². The number of rotatable bonds is 3. The van der Waals surface area contributed by atoms with Crippen molar-refractivity contribution < 1.29 is 4.79 Å². The maximum absolute atomic E-state index is 10.8. The molecule has 1 amide bonds. The van der Waals surface area contributed by atoms with Crippen LogP contribution in [0.2, 0.25) is 0 Å². The van der Waals surface area contributed by atoms with Crippen molar-refractivity contribution in [3.05, 3.63) is 22.6 Å². The van der Waals surface area contributed by atoms with Crippen LogP contribution in [0, 0.1) is 0 Å². The second-order valence-electron chi connectivity index (χ2n) is 2.76. The standard InChI is InChI=1S/C7H11N5O/c1-5-6(12(5)11-10-8)3-4-7(13)9-2/h3-6H,1-2H3,(H,9,13)/b4-3+/t5-,6-,12?/m0/s1. The minimum atomic E-state index is -0.153. The summed E-state index contributed by atoms with van der Waals surface area (Å²) in [4.78, 5) is 13.5. The van der Waals surface area contributed by atoms with Gasteiger partial charge >= 0.3 is 0 Å². The van der Waals surface area contributed by atoms with Gasteiger partial charge in [0.2, 0.25) is 5.91 Å². The summed E-state index contributed by atoms with van der Waals surface area (Å²) in [5, 5.41) is 7.48. The first-order valence-corrected chi connectivity index (χ1v) is 3.94. The molecule has 0 spiro atoms. The summed E-state index contributed by atoms with van der Waals surface area (Å²) in [5.74, 6) is -0.153. The first-order valence-electron chi connectivity index (χ1n) is 3.94. The van der Waals surface area contributed by atoms with Crippen molar-refractivity contribution in [2.75, 3.05) is 7.05 Å². The summed E-state index contributed by atoms with van der Waals surface area (Å²) in [6.07, 6.45) is 3.16. The number of amides is 1. The van der Waals surface area contributed by atoms with Crippen molar-refractivity contribution in [2.45, 2.75) is 19.0 Å². The molecule has 6 nitrogen and oxygen atoms in total. The lowest BCUT2D eigenvalue weighted by Crippen LogP contribution is -2.14. The lowest BCUT2D eigenvalue weighted by atomic mass is 10.3. The van der Waals surface area contributed by atoms with Crippen LogP contribution in [0.15, 0.2) is 17.4 Å². The molecule has 70 valence electrons. The van der Waals surface area contributed by atoms with Gasteiger partial charge in [-0.3, -0.25) is 4.79 Å². The number of nitrogens with zero attached hydrogens (tertiary/aromatic N) is 4. The molecule has 1 rings (SSSR count). The van der Waals surface area contributed by atoms with E-state index in [9.17, 15) is 4.79 Å². The predicted octanol–water partition coefficient (Wildman–Crippen LogP) is 0.587. The average Bonchev–Trinajstić information content (AvgIpc) is 2.73. The van der Waals surface area contributed by atoms with Gasteiger partial charge in [-0.05, 0) is 18.2 Å². The van der Waals surface area contributed by atoms with Gasteiger partial charge < -0.3 is 5.32 Å². The predicted molar refractivity (Wildman–Crippen MR) is 47.4 cm³/mol. The average molecular weight is 181 g/mol. The molecule has 1 aliphatic heterocycles. The molecule has 13 heavy (non-hydrogen) atoms. The Hall–Kier alpha value is -1.68. The highest BCUT2D eigenvalue weighted by Gasteiger charge is 2.47. The zero-order valence-electron chi connectivity index (χ0n) is 7.51. The largest absolute Gasteiger partial charge is 0.356 e. The minimum Gasteiger partial charge on any atom is -0.356 e. The van der Waals surface area contributed by atoms with Gasteiger partial charge in [0.25, 0.3) is 0 Å². The van der Waals surface area contributed by atoms with Crippen LogP contribution in [-0.2, 0) is 4.79 Å². The number of hydrogen-bond acceptors (Lipinski definition) is 2. The molecule has 0 radical (unpaired) electrons. The number of carbonyl (C=O) groups is 1. The van der Waals surface area contributed by atoms with Crippen LogP contribution in [0.4, 0.5) is 0 Å². The number of likely N-dealkylation sites (N-methyl/N-ethyl adjacent to an activating group) is 1. The molecular weight excluding hydrogens is 170 g/mol. The first kappa shape index (κ1) is 9.41. The molecule has 1 heterocycles. The second kappa shape index (κ2) is 3.82. The topological polar surface area (TPSA) is 80.9 Å². The van der Waals surface area contributed by atoms with E-state index in [1.807, 2.05) is 6.92 Å². The highest BCUT2D eigenvalue weighted by molar-refractivity contribution is 5.87. The van der Waals surface area contributed by atoms with Crippen molar-refractivity contribution in [3.8, 4) is 0 Å². The summed E-state index contributed by atoms with van der Waals surface area (Å²) in [6.45, 7) is 1.92. The molecule has 1 saturated heterocycles. The maximum Gasteiger partial charge on any atom is 0.243 e. The number of nitrogens with one attached hydrogen (secondary N) is 1. The van der Waals surface area contributed by atoms with Crippen LogP contribution in [0.1, 0.15) is 6.92 Å². The Morgan fingerprint density at radius 1 is 1.77 bits per heavy atom. The Morgan fingerprint density at radius 3 is 3.00 bits per heavy atom. The quantitative estimate of drug-likeness (QED) is 0.227. The van der Waals surface area contributed by atoms with Gasteiger partial charge in [0.1, 0.15) is 6.04 Å². The van der Waals surface area contributed by atoms with Crippen molar-refractivity contribution in [3.63, 3.8) is 0 Å². The Kier molecular flexibility index (Phi) is 2.76. The molecule has 0 unspecified atom stereocenters. The lowest BCUT2D eigenvalue weighted by molar-refractivity contribution is -0.116. The molecule has 0 saturated carbocycles. The van der Waals surface area contributed by atoms with Crippen molar-refractivity contribution >= 4 is 5.91 Å². The van der Waals surface area contributed by atoms with Crippen LogP contribution < -0.4 is 5.32 Å². The van der Waals surface area contributed by atoms with Gasteiger partial charge in [0, 0.05) is 13.1 Å². The zero-order chi connectivity index (χ0) is 9.84. The van der Waals surface area contributed by atoms with Gasteiger partial charge in [-0.15, -0.1) is 5.53 Å². The van der Waals surface area contributed by atoms with Crippen molar-refractivity contribution in [2.24, 2.45) is 5.22 Å². The van der Waals surface area contributed by atoms with E-state index in [0.717, 1.165) is 0 Å². The van der Waals surface area contributed by atoms with E-state index in [0.29, 0.717) is 0 Å². The summed E-state index contributed by atoms with van der Waals surface area (Å²) < 4.78 is 0. The lowest BCUT2D eigenvalue weighted by Gasteiger charge is -1.87. The first-order chi connectivity index (χ1) is 6.20. The molecular formula is C7H11N5O. The molecule has 1 aliphatic rings. The fourth-order valence-corrected chi connectivity index (χ4v) is 1.06. The van der Waals surface area contributed by atoms with E-state index in [4.69, 9.17) is 5.53 Å². The summed E-state index contributed by atoms with van der Waals surface area (Å²) >= 11 is 0. The van der Waals surface area contributed by atoms with Gasteiger partial charge in [-0.1, -0.05) is 0 Å². The number of carbonyl (C=O) groups excluding carboxylic acids is 1. The molecule has 1 N–H and O–H groups in total. The van der Waals surface area contributed by atoms with E-state index >= 15 is 0 Å². The third-order valence-corrected chi connectivity index (χ3v) is 1.96. The van der Waals surface area contributed by atoms with Gasteiger partial charge in [0.15, 0.2) is 6.04 Å². The van der Waals surface area contributed by atoms with E-state index < -0.39 is 0 Å². The highest BCUT2D eigenvalue weighted by atomic mass is 16.1. The normalized spacial score (nSPS) is 25.5. The van der Waals surface area contributed by atoms with E-state index in [1.54, 1.807) is 18.1 Å². The minimum absolute atomic E-state index is 0.0631. The summed E-state index contributed by atoms with van der Waals surface area (Å²) in [7, 11) is 1.56. The smallest absolute Gasteiger partial charge is 0.243 e. The van der Waals surface area contributed by atoms with E-state index in [-0.39, 0.29) is 18.0 Å². The Labute approximate surface area is 75.8 Å². The highest BCUT2D eigenvalue weighted by Crippen LogP contribution is 2.29. The van der Waals surface area contributed by atoms with Crippen LogP contribution >= 0.6 is 0 Å². The molecule has 0 aliphatic carbocycles. The maximum atomic E-state index is 10.8. The molecule has 0 aromatic carbocycles. The van der Waals surface area contributed by atoms with Crippen LogP contribution in [0.25, 0.3) is 10.4 Å². The zero-order valence-corrected chi connectivity index (χ0v) is 7.51. The van der Waals surface area contributed by atoms with Gasteiger partial charge in [0.05, 0.1) is 0 Å². The number of azide groups is 1. The summed E-state index contributed by atoms with van der Waals surface area (Å²) in [6, 6.07) is 0.255. The molecule has 6 heteroatoms. The fourth-order valence-electron chi connectivity index (χ4n) is 1.06. The molecule has 1 fully saturated rings. The number of hydrogen-bond donors (Lipinski definition) is 1. The third kappa shape index (κ3) is 2.13. The third-order valence-electron chi connectivity index (χ3n) is 1.96. The SMILES string of the molecule is CNC(=O)/C=C/[C@H]1[C@H](C)N1N=[N+]=[N-]. The molecule has 2 atom stereocenters. The van der Waals surface area contributed by atoms with Crippen LogP contribution in [-0.4, -0.2) is 30.0 Å². The summed E-state index contributed by atoms with van der Waals surface area (Å²) in [5.41, 5.74) is 8.15. The Morgan fingerprint density at radius 2 is 2.46 bits per heavy atom. The van der Waals surface area contributed by atoms with Crippen LogP contribution in [0.3, 0.4) is 0 Å². The van der Waals surface area contributed by atoms with Crippen molar-refractivity contribution in [1.82, 2.24) is 10.3 Å².